The normalized spacial score (nSPS) is 11.3. The van der Waals surface area contributed by atoms with Gasteiger partial charge >= 0.3 is 6.16 Å². The van der Waals surface area contributed by atoms with Crippen molar-refractivity contribution in [1.29, 1.82) is 0 Å². The van der Waals surface area contributed by atoms with Crippen molar-refractivity contribution >= 4 is 17.8 Å². The quantitative estimate of drug-likeness (QED) is 0.572. The maximum atomic E-state index is 10.9. The molecule has 1 atom stereocenters. The van der Waals surface area contributed by atoms with Crippen LogP contribution in [0.4, 0.5) is 4.79 Å². The molecule has 78 valence electrons. The van der Waals surface area contributed by atoms with Gasteiger partial charge in [0.15, 0.2) is 6.10 Å². The molecule has 4 heteroatoms. The van der Waals surface area contributed by atoms with E-state index in [1.54, 1.807) is 24.3 Å². The number of halogens is 1. The molecule has 0 aliphatic rings. The fourth-order valence-electron chi connectivity index (χ4n) is 0.980. The van der Waals surface area contributed by atoms with Crippen molar-refractivity contribution in [2.45, 2.75) is 6.10 Å². The van der Waals surface area contributed by atoms with Crippen LogP contribution in [-0.2, 0) is 9.47 Å². The average Bonchev–Trinajstić information content (AvgIpc) is 2.27. The highest BCUT2D eigenvalue weighted by atomic mass is 35.5. The summed E-state index contributed by atoms with van der Waals surface area (Å²) in [4.78, 5) is 10.9. The highest BCUT2D eigenvalue weighted by Crippen LogP contribution is 2.19. The van der Waals surface area contributed by atoms with Gasteiger partial charge in [-0.3, -0.25) is 0 Å². The van der Waals surface area contributed by atoms with Gasteiger partial charge in [-0.15, -0.1) is 6.42 Å². The molecule has 1 aromatic carbocycles. The second kappa shape index (κ2) is 5.28. The zero-order chi connectivity index (χ0) is 11.3. The molecule has 0 amide bonds. The van der Waals surface area contributed by atoms with E-state index < -0.39 is 12.3 Å². The van der Waals surface area contributed by atoms with Crippen LogP contribution >= 0.6 is 11.6 Å². The lowest BCUT2D eigenvalue weighted by molar-refractivity contribution is 0.0550. The van der Waals surface area contributed by atoms with Crippen LogP contribution in [0.1, 0.15) is 11.7 Å². The smallest absolute Gasteiger partial charge is 0.438 e. The Morgan fingerprint density at radius 1 is 1.47 bits per heavy atom. The number of hydrogen-bond donors (Lipinski definition) is 0. The second-order valence-electron chi connectivity index (χ2n) is 2.67. The zero-order valence-electron chi connectivity index (χ0n) is 8.07. The van der Waals surface area contributed by atoms with Crippen molar-refractivity contribution < 1.29 is 14.3 Å². The fraction of sp³-hybridized carbons (Fsp3) is 0.182. The van der Waals surface area contributed by atoms with E-state index in [1.165, 1.54) is 7.11 Å². The van der Waals surface area contributed by atoms with E-state index in [1.807, 2.05) is 0 Å². The van der Waals surface area contributed by atoms with E-state index in [0.717, 1.165) is 0 Å². The van der Waals surface area contributed by atoms with Crippen molar-refractivity contribution in [1.82, 2.24) is 0 Å². The maximum Gasteiger partial charge on any atom is 0.509 e. The number of rotatable bonds is 2. The standard InChI is InChI=1S/C11H9ClO3/c1-3-10(15-11(13)14-2)8-4-6-9(12)7-5-8/h1,4-7,10H,2H3. The molecule has 0 aliphatic carbocycles. The summed E-state index contributed by atoms with van der Waals surface area (Å²) in [5.41, 5.74) is 0.673. The Balaban J connectivity index is 2.80. The average molecular weight is 225 g/mol. The largest absolute Gasteiger partial charge is 0.509 e. The first-order chi connectivity index (χ1) is 7.17. The third kappa shape index (κ3) is 3.19. The molecule has 15 heavy (non-hydrogen) atoms. The van der Waals surface area contributed by atoms with E-state index in [2.05, 4.69) is 10.7 Å². The first-order valence-corrected chi connectivity index (χ1v) is 4.51. The molecule has 1 unspecified atom stereocenters. The highest BCUT2D eigenvalue weighted by Gasteiger charge is 2.13. The van der Waals surface area contributed by atoms with Crippen LogP contribution in [-0.4, -0.2) is 13.3 Å². The van der Waals surface area contributed by atoms with Crippen LogP contribution in [0.3, 0.4) is 0 Å². The van der Waals surface area contributed by atoms with E-state index in [9.17, 15) is 4.79 Å². The van der Waals surface area contributed by atoms with Crippen LogP contribution in [0.15, 0.2) is 24.3 Å². The Kier molecular flexibility index (Phi) is 4.02. The summed E-state index contributed by atoms with van der Waals surface area (Å²) in [5, 5.41) is 0.590. The second-order valence-corrected chi connectivity index (χ2v) is 3.11. The molecule has 0 N–H and O–H groups in total. The minimum Gasteiger partial charge on any atom is -0.438 e. The molecule has 1 rings (SSSR count). The van der Waals surface area contributed by atoms with Crippen LogP contribution in [0.5, 0.6) is 0 Å². The first-order valence-electron chi connectivity index (χ1n) is 4.13. The lowest BCUT2D eigenvalue weighted by Crippen LogP contribution is -2.09. The summed E-state index contributed by atoms with van der Waals surface area (Å²) in [7, 11) is 1.22. The minimum atomic E-state index is -0.812. The van der Waals surface area contributed by atoms with Crippen molar-refractivity contribution in [2.24, 2.45) is 0 Å². The van der Waals surface area contributed by atoms with Gasteiger partial charge < -0.3 is 9.47 Å². The molecule has 0 bridgehead atoms. The Morgan fingerprint density at radius 3 is 2.53 bits per heavy atom. The molecular formula is C11H9ClO3. The van der Waals surface area contributed by atoms with Crippen molar-refractivity contribution in [3.8, 4) is 12.3 Å². The summed E-state index contributed by atoms with van der Waals surface area (Å²) >= 11 is 5.71. The van der Waals surface area contributed by atoms with E-state index in [0.29, 0.717) is 10.6 Å². The molecule has 0 radical (unpaired) electrons. The van der Waals surface area contributed by atoms with E-state index in [-0.39, 0.29) is 0 Å². The monoisotopic (exact) mass is 224 g/mol. The molecule has 0 saturated heterocycles. The van der Waals surface area contributed by atoms with Crippen LogP contribution in [0.25, 0.3) is 0 Å². The van der Waals surface area contributed by atoms with E-state index >= 15 is 0 Å². The molecule has 3 nitrogen and oxygen atoms in total. The van der Waals surface area contributed by atoms with Gasteiger partial charge in [0.2, 0.25) is 0 Å². The molecule has 0 spiro atoms. The van der Waals surface area contributed by atoms with E-state index in [4.69, 9.17) is 22.8 Å². The number of carbonyl (C=O) groups is 1. The maximum absolute atomic E-state index is 10.9. The molecular weight excluding hydrogens is 216 g/mol. The summed E-state index contributed by atoms with van der Waals surface area (Å²) in [6.07, 6.45) is 3.66. The SMILES string of the molecule is C#CC(OC(=O)OC)c1ccc(Cl)cc1. The van der Waals surface area contributed by atoms with Gasteiger partial charge in [0, 0.05) is 10.6 Å². The lowest BCUT2D eigenvalue weighted by atomic mass is 10.1. The summed E-state index contributed by atoms with van der Waals surface area (Å²) < 4.78 is 9.18. The van der Waals surface area contributed by atoms with Crippen LogP contribution < -0.4 is 0 Å². The predicted octanol–water partition coefficient (Wildman–Crippen LogP) is 2.80. The Hall–Kier alpha value is -1.66. The Labute approximate surface area is 92.9 Å². The van der Waals surface area contributed by atoms with Crippen molar-refractivity contribution in [2.75, 3.05) is 7.11 Å². The summed E-state index contributed by atoms with van der Waals surface area (Å²) in [5.74, 6) is 2.34. The van der Waals surface area contributed by atoms with Crippen LogP contribution in [0.2, 0.25) is 5.02 Å². The van der Waals surface area contributed by atoms with Gasteiger partial charge in [-0.1, -0.05) is 29.7 Å². The summed E-state index contributed by atoms with van der Waals surface area (Å²) in [6.45, 7) is 0. The topological polar surface area (TPSA) is 35.5 Å². The third-order valence-electron chi connectivity index (χ3n) is 1.70. The van der Waals surface area contributed by atoms with Crippen molar-refractivity contribution in [3.05, 3.63) is 34.9 Å². The lowest BCUT2D eigenvalue weighted by Gasteiger charge is -2.11. The number of terminal acetylenes is 1. The Bertz CT molecular complexity index is 378. The van der Waals surface area contributed by atoms with Gasteiger partial charge in [-0.05, 0) is 12.1 Å². The molecule has 0 fully saturated rings. The van der Waals surface area contributed by atoms with Gasteiger partial charge in [-0.2, -0.15) is 0 Å². The molecule has 0 aromatic heterocycles. The molecule has 0 saturated carbocycles. The molecule has 1 aromatic rings. The van der Waals surface area contributed by atoms with Crippen LogP contribution in [0, 0.1) is 12.3 Å². The number of methoxy groups -OCH3 is 1. The molecule has 0 heterocycles. The van der Waals surface area contributed by atoms with Gasteiger partial charge in [0.05, 0.1) is 7.11 Å². The third-order valence-corrected chi connectivity index (χ3v) is 1.96. The number of hydrogen-bond acceptors (Lipinski definition) is 3. The minimum absolute atomic E-state index is 0.590. The predicted molar refractivity (Wildman–Crippen MR) is 56.5 cm³/mol. The van der Waals surface area contributed by atoms with Gasteiger partial charge in [0.25, 0.3) is 0 Å². The fourth-order valence-corrected chi connectivity index (χ4v) is 1.11. The highest BCUT2D eigenvalue weighted by molar-refractivity contribution is 6.30. The number of benzene rings is 1. The number of ether oxygens (including phenoxy) is 2. The summed E-state index contributed by atoms with van der Waals surface area (Å²) in [6, 6.07) is 6.72. The van der Waals surface area contributed by atoms with Crippen molar-refractivity contribution in [3.63, 3.8) is 0 Å². The number of carbonyl (C=O) groups excluding carboxylic acids is 1. The van der Waals surface area contributed by atoms with Gasteiger partial charge in [-0.25, -0.2) is 4.79 Å². The Morgan fingerprint density at radius 2 is 2.07 bits per heavy atom. The zero-order valence-corrected chi connectivity index (χ0v) is 8.82. The van der Waals surface area contributed by atoms with Gasteiger partial charge in [0.1, 0.15) is 0 Å². The first kappa shape index (κ1) is 11.4. The molecule has 0 aliphatic heterocycles.